The molecule has 2 aromatic carbocycles. The highest BCUT2D eigenvalue weighted by Gasteiger charge is 2.27. The van der Waals surface area contributed by atoms with Crippen LogP contribution in [0.4, 0.5) is 17.2 Å². The first-order valence-corrected chi connectivity index (χ1v) is 11.8. The van der Waals surface area contributed by atoms with E-state index in [0.29, 0.717) is 17.1 Å². The lowest BCUT2D eigenvalue weighted by atomic mass is 10.0. The Balaban J connectivity index is 1.73. The molecule has 1 saturated heterocycles. The highest BCUT2D eigenvalue weighted by atomic mass is 16.1. The van der Waals surface area contributed by atoms with Crippen LogP contribution in [0.3, 0.4) is 0 Å². The maximum absolute atomic E-state index is 12.2. The number of likely N-dealkylation sites (N-methyl/N-ethyl adjacent to an activating group) is 1. The first kappa shape index (κ1) is 24.4. The number of carbonyl (C=O) groups is 1. The summed E-state index contributed by atoms with van der Waals surface area (Å²) in [5.41, 5.74) is 3.82. The Labute approximate surface area is 207 Å². The van der Waals surface area contributed by atoms with Crippen LogP contribution in [0, 0.1) is 18.8 Å². The third-order valence-corrected chi connectivity index (χ3v) is 6.30. The number of benzene rings is 2. The Hall–Kier alpha value is -3.73. The summed E-state index contributed by atoms with van der Waals surface area (Å²) in [6, 6.07) is 11.9. The summed E-state index contributed by atoms with van der Waals surface area (Å²) in [5, 5.41) is 7.07. The second kappa shape index (κ2) is 10.3. The van der Waals surface area contributed by atoms with Gasteiger partial charge >= 0.3 is 0 Å². The number of hydrogen-bond donors (Lipinski definition) is 2. The molecule has 3 aromatic rings. The molecule has 180 valence electrons. The number of fused-ring (bicyclic) bond motifs is 1. The van der Waals surface area contributed by atoms with Gasteiger partial charge in [0, 0.05) is 37.3 Å². The summed E-state index contributed by atoms with van der Waals surface area (Å²) in [6.45, 7) is 13.9. The summed E-state index contributed by atoms with van der Waals surface area (Å²) >= 11 is 0. The van der Waals surface area contributed by atoms with Gasteiger partial charge in [0.1, 0.15) is 12.1 Å². The second-order valence-corrected chi connectivity index (χ2v) is 9.42. The zero-order valence-electron chi connectivity index (χ0n) is 20.9. The highest BCUT2D eigenvalue weighted by Crippen LogP contribution is 2.29. The van der Waals surface area contributed by atoms with Crippen molar-refractivity contribution in [3.8, 4) is 11.8 Å². The number of aryl methyl sites for hydroxylation is 1. The molecule has 2 heterocycles. The zero-order valence-corrected chi connectivity index (χ0v) is 20.9. The van der Waals surface area contributed by atoms with Crippen molar-refractivity contribution in [1.82, 2.24) is 19.8 Å². The number of rotatable bonds is 5. The number of amides is 1. The number of piperazine rings is 1. The molecule has 0 bridgehead atoms. The molecule has 0 unspecified atom stereocenters. The van der Waals surface area contributed by atoms with Crippen molar-refractivity contribution in [2.24, 2.45) is 0 Å². The lowest BCUT2D eigenvalue weighted by Crippen LogP contribution is -2.53. The summed E-state index contributed by atoms with van der Waals surface area (Å²) in [6.07, 6.45) is 2.79. The lowest BCUT2D eigenvalue weighted by molar-refractivity contribution is -0.111. The van der Waals surface area contributed by atoms with Crippen molar-refractivity contribution in [3.05, 3.63) is 66.5 Å². The van der Waals surface area contributed by atoms with E-state index in [4.69, 9.17) is 0 Å². The quantitative estimate of drug-likeness (QED) is 0.432. The van der Waals surface area contributed by atoms with E-state index in [9.17, 15) is 4.79 Å². The van der Waals surface area contributed by atoms with Gasteiger partial charge in [-0.05, 0) is 63.7 Å². The van der Waals surface area contributed by atoms with Crippen molar-refractivity contribution >= 4 is 34.0 Å². The van der Waals surface area contributed by atoms with Crippen LogP contribution in [0.2, 0.25) is 0 Å². The van der Waals surface area contributed by atoms with Crippen LogP contribution >= 0.6 is 0 Å². The molecule has 7 heteroatoms. The van der Waals surface area contributed by atoms with Crippen molar-refractivity contribution < 1.29 is 4.79 Å². The number of aromatic nitrogens is 2. The molecule has 1 amide bonds. The molecule has 0 aliphatic carbocycles. The number of nitrogens with one attached hydrogen (secondary N) is 2. The van der Waals surface area contributed by atoms with Crippen LogP contribution in [0.1, 0.15) is 25.0 Å². The molecule has 1 aliphatic heterocycles. The zero-order chi connectivity index (χ0) is 25.0. The first-order chi connectivity index (χ1) is 16.7. The van der Waals surface area contributed by atoms with E-state index in [0.717, 1.165) is 48.3 Å². The third kappa shape index (κ3) is 5.86. The highest BCUT2D eigenvalue weighted by molar-refractivity contribution is 6.03. The Kier molecular flexibility index (Phi) is 7.15. The fourth-order valence-corrected chi connectivity index (χ4v) is 4.12. The molecule has 7 nitrogen and oxygen atoms in total. The van der Waals surface area contributed by atoms with Gasteiger partial charge in [-0.3, -0.25) is 9.69 Å². The molecule has 0 atom stereocenters. The number of carbonyl (C=O) groups excluding carboxylic acids is 1. The minimum absolute atomic E-state index is 0.296. The van der Waals surface area contributed by atoms with Gasteiger partial charge < -0.3 is 15.5 Å². The predicted molar refractivity (Wildman–Crippen MR) is 143 cm³/mol. The predicted octanol–water partition coefficient (Wildman–Crippen LogP) is 4.18. The minimum Gasteiger partial charge on any atom is -0.340 e. The van der Waals surface area contributed by atoms with Gasteiger partial charge in [0.2, 0.25) is 5.91 Å². The van der Waals surface area contributed by atoms with E-state index >= 15 is 0 Å². The minimum atomic E-state index is -0.306. The number of anilines is 3. The van der Waals surface area contributed by atoms with E-state index in [1.165, 1.54) is 12.4 Å². The van der Waals surface area contributed by atoms with Crippen LogP contribution in [0.15, 0.2) is 55.4 Å². The van der Waals surface area contributed by atoms with Gasteiger partial charge in [-0.15, -0.1) is 0 Å². The fourth-order valence-electron chi connectivity index (χ4n) is 4.12. The maximum atomic E-state index is 12.2. The molecular weight excluding hydrogens is 436 g/mol. The number of hydrogen-bond acceptors (Lipinski definition) is 6. The molecule has 0 saturated carbocycles. The molecule has 1 aliphatic rings. The summed E-state index contributed by atoms with van der Waals surface area (Å²) in [7, 11) is 2.14. The molecule has 0 spiro atoms. The monoisotopic (exact) mass is 468 g/mol. The fraction of sp³-hybridized carbons (Fsp3) is 0.321. The van der Waals surface area contributed by atoms with Crippen LogP contribution in [0.5, 0.6) is 0 Å². The summed E-state index contributed by atoms with van der Waals surface area (Å²) in [5.74, 6) is 7.13. The van der Waals surface area contributed by atoms with Crippen LogP contribution < -0.4 is 10.6 Å². The summed E-state index contributed by atoms with van der Waals surface area (Å²) in [4.78, 5) is 25.9. The van der Waals surface area contributed by atoms with E-state index in [2.05, 4.69) is 75.8 Å². The molecule has 0 radical (unpaired) electrons. The topological polar surface area (TPSA) is 73.4 Å². The van der Waals surface area contributed by atoms with Crippen molar-refractivity contribution in [3.63, 3.8) is 0 Å². The standard InChI is InChI=1S/C28H32N6O/c1-6-26(35)32-24-18-23-25(29-19-30-27(23)31-22-9-7-8-20(2)16-22)17-21(24)10-11-28(3,4)34-14-12-33(5)13-15-34/h6-9,16-19H,1,12-15H2,2-5H3,(H,32,35)(H,29,30,31). The third-order valence-electron chi connectivity index (χ3n) is 6.30. The summed E-state index contributed by atoms with van der Waals surface area (Å²) < 4.78 is 0. The Morgan fingerprint density at radius 1 is 1.14 bits per heavy atom. The van der Waals surface area contributed by atoms with Gasteiger partial charge in [0.15, 0.2) is 0 Å². The Bertz CT molecular complexity index is 1310. The van der Waals surface area contributed by atoms with Gasteiger partial charge in [-0.25, -0.2) is 9.97 Å². The molecule has 1 aromatic heterocycles. The van der Waals surface area contributed by atoms with Gasteiger partial charge in [-0.2, -0.15) is 0 Å². The van der Waals surface area contributed by atoms with Crippen molar-refractivity contribution in [2.45, 2.75) is 26.3 Å². The van der Waals surface area contributed by atoms with E-state index < -0.39 is 0 Å². The molecule has 1 fully saturated rings. The van der Waals surface area contributed by atoms with E-state index in [1.54, 1.807) is 0 Å². The van der Waals surface area contributed by atoms with E-state index in [1.807, 2.05) is 37.3 Å². The van der Waals surface area contributed by atoms with Gasteiger partial charge in [0.05, 0.1) is 22.3 Å². The van der Waals surface area contributed by atoms with E-state index in [-0.39, 0.29) is 11.4 Å². The largest absolute Gasteiger partial charge is 0.340 e. The number of nitrogens with zero attached hydrogens (tertiary/aromatic N) is 4. The van der Waals surface area contributed by atoms with Crippen molar-refractivity contribution in [1.29, 1.82) is 0 Å². The second-order valence-electron chi connectivity index (χ2n) is 9.42. The average molecular weight is 469 g/mol. The normalized spacial score (nSPS) is 14.7. The molecule has 35 heavy (non-hydrogen) atoms. The molecular formula is C28H32N6O. The first-order valence-electron chi connectivity index (χ1n) is 11.8. The van der Waals surface area contributed by atoms with Crippen LogP contribution in [0.25, 0.3) is 10.9 Å². The molecule has 4 rings (SSSR count). The average Bonchev–Trinajstić information content (AvgIpc) is 2.83. The van der Waals surface area contributed by atoms with Crippen LogP contribution in [-0.4, -0.2) is 64.4 Å². The van der Waals surface area contributed by atoms with Gasteiger partial charge in [0.25, 0.3) is 0 Å². The Morgan fingerprint density at radius 3 is 2.63 bits per heavy atom. The SMILES string of the molecule is C=CC(=O)Nc1cc2c(Nc3cccc(C)c3)ncnc2cc1C#CC(C)(C)N1CCN(C)CC1. The van der Waals surface area contributed by atoms with Gasteiger partial charge in [-0.1, -0.05) is 30.6 Å². The lowest BCUT2D eigenvalue weighted by Gasteiger charge is -2.40. The van der Waals surface area contributed by atoms with Crippen LogP contribution in [-0.2, 0) is 4.79 Å². The van der Waals surface area contributed by atoms with Crippen molar-refractivity contribution in [2.75, 3.05) is 43.9 Å². The Morgan fingerprint density at radius 2 is 1.91 bits per heavy atom. The molecule has 2 N–H and O–H groups in total. The smallest absolute Gasteiger partial charge is 0.247 e. The maximum Gasteiger partial charge on any atom is 0.247 e.